The van der Waals surface area contributed by atoms with E-state index >= 15 is 0 Å². The van der Waals surface area contributed by atoms with E-state index in [1.165, 1.54) is 95.5 Å². The Kier molecular flexibility index (Phi) is 32.8. The number of unbranched alkanes of at least 4 members (excludes halogenated alkanes) is 22. The minimum absolute atomic E-state index is 0.0424. The van der Waals surface area contributed by atoms with Gasteiger partial charge in [0.05, 0.1) is 26.4 Å². The van der Waals surface area contributed by atoms with Gasteiger partial charge < -0.3 is 23.8 Å². The molecule has 1 rings (SSSR count). The van der Waals surface area contributed by atoms with Gasteiger partial charge in [0.1, 0.15) is 11.5 Å². The summed E-state index contributed by atoms with van der Waals surface area (Å²) < 4.78 is 23.2. The number of ether oxygens (including phenoxy) is 4. The smallest absolute Gasteiger partial charge is 0.305 e. The molecule has 0 aliphatic carbocycles. The van der Waals surface area contributed by atoms with Crippen LogP contribution in [0.2, 0.25) is 0 Å². The third-order valence-corrected chi connectivity index (χ3v) is 9.55. The van der Waals surface area contributed by atoms with Crippen molar-refractivity contribution in [2.24, 2.45) is 0 Å². The molecule has 1 aromatic carbocycles. The summed E-state index contributed by atoms with van der Waals surface area (Å²) in [6, 6.07) is 6.22. The van der Waals surface area contributed by atoms with Crippen molar-refractivity contribution in [1.29, 1.82) is 0 Å². The molecular formula is C45H81NO6. The van der Waals surface area contributed by atoms with E-state index in [0.717, 1.165) is 95.1 Å². The van der Waals surface area contributed by atoms with Crippen molar-refractivity contribution in [2.75, 3.05) is 40.5 Å². The maximum absolute atomic E-state index is 12.0. The molecule has 0 bridgehead atoms. The number of hydrogen-bond donors (Lipinski definition) is 0. The van der Waals surface area contributed by atoms with E-state index in [0.29, 0.717) is 39.3 Å². The van der Waals surface area contributed by atoms with Gasteiger partial charge in [-0.1, -0.05) is 117 Å². The maximum Gasteiger partial charge on any atom is 0.305 e. The lowest BCUT2D eigenvalue weighted by atomic mass is 10.1. The van der Waals surface area contributed by atoms with Gasteiger partial charge in [-0.15, -0.1) is 0 Å². The second-order valence-corrected chi connectivity index (χ2v) is 15.2. The molecule has 0 radical (unpaired) electrons. The Bertz CT molecular complexity index is 899. The van der Waals surface area contributed by atoms with Crippen LogP contribution in [-0.2, 0) is 25.6 Å². The summed E-state index contributed by atoms with van der Waals surface area (Å²) >= 11 is 0. The number of hydrogen-bond acceptors (Lipinski definition) is 7. The summed E-state index contributed by atoms with van der Waals surface area (Å²) in [5.41, 5.74) is 1.17. The Morgan fingerprint density at radius 3 is 1.13 bits per heavy atom. The zero-order valence-electron chi connectivity index (χ0n) is 34.5. The second kappa shape index (κ2) is 35.7. The summed E-state index contributed by atoms with van der Waals surface area (Å²) in [5.74, 6) is 1.62. The summed E-state index contributed by atoms with van der Waals surface area (Å²) in [6.07, 6.45) is 31.6. The quantitative estimate of drug-likeness (QED) is 0.0495. The second-order valence-electron chi connectivity index (χ2n) is 15.2. The Labute approximate surface area is 320 Å². The zero-order chi connectivity index (χ0) is 37.7. The predicted molar refractivity (Wildman–Crippen MR) is 217 cm³/mol. The van der Waals surface area contributed by atoms with Gasteiger partial charge in [0.15, 0.2) is 0 Å². The fraction of sp³-hybridized carbons (Fsp3) is 0.822. The molecule has 0 N–H and O–H groups in total. The molecule has 0 aliphatic rings. The fourth-order valence-corrected chi connectivity index (χ4v) is 6.43. The molecular weight excluding hydrogens is 650 g/mol. The molecule has 0 fully saturated rings. The van der Waals surface area contributed by atoms with Gasteiger partial charge >= 0.3 is 11.9 Å². The highest BCUT2D eigenvalue weighted by Crippen LogP contribution is 2.25. The molecule has 0 heterocycles. The SMILES string of the molecule is CCCCCCCCCCCC(=O)OCCCCCCOc1cc(CN(C)C)cc(OCCCCCCOC(=O)CCCCCCCCCCC)c1. The standard InChI is InChI=1S/C45H81NO6/c1-5-7-9-11-13-15-17-19-25-31-44(47)51-35-29-23-21-27-33-49-42-37-41(40-46(3)4)38-43(39-42)50-34-28-22-24-30-36-52-45(48)32-26-20-18-16-14-12-10-8-6-2/h37-39H,5-36,40H2,1-4H3. The number of nitrogens with zero attached hydrogens (tertiary/aromatic N) is 1. The van der Waals surface area contributed by atoms with Crippen LogP contribution in [0.3, 0.4) is 0 Å². The number of carbonyl (C=O) groups excluding carboxylic acids is 2. The molecule has 0 aliphatic heterocycles. The lowest BCUT2D eigenvalue weighted by Gasteiger charge is -2.15. The van der Waals surface area contributed by atoms with Crippen LogP contribution in [0.1, 0.15) is 199 Å². The van der Waals surface area contributed by atoms with Gasteiger partial charge in [0, 0.05) is 25.5 Å². The molecule has 0 amide bonds. The average Bonchev–Trinajstić information content (AvgIpc) is 3.12. The third kappa shape index (κ3) is 31.3. The molecule has 0 aromatic heterocycles. The van der Waals surface area contributed by atoms with E-state index in [2.05, 4.69) is 45.0 Å². The topological polar surface area (TPSA) is 74.3 Å². The number of benzene rings is 1. The molecule has 0 atom stereocenters. The van der Waals surface area contributed by atoms with Crippen LogP contribution in [0.15, 0.2) is 18.2 Å². The molecule has 0 unspecified atom stereocenters. The van der Waals surface area contributed by atoms with Crippen LogP contribution in [0.5, 0.6) is 11.5 Å². The normalized spacial score (nSPS) is 11.2. The van der Waals surface area contributed by atoms with Gasteiger partial charge in [-0.05, 0) is 96.0 Å². The summed E-state index contributed by atoms with van der Waals surface area (Å²) in [5, 5.41) is 0. The third-order valence-electron chi connectivity index (χ3n) is 9.55. The van der Waals surface area contributed by atoms with Crippen LogP contribution >= 0.6 is 0 Å². The van der Waals surface area contributed by atoms with Gasteiger partial charge in [0.2, 0.25) is 0 Å². The first-order valence-electron chi connectivity index (χ1n) is 21.8. The lowest BCUT2D eigenvalue weighted by Crippen LogP contribution is -2.11. The molecule has 0 saturated carbocycles. The first-order chi connectivity index (χ1) is 25.4. The minimum Gasteiger partial charge on any atom is -0.493 e. The Morgan fingerprint density at radius 1 is 0.442 bits per heavy atom. The van der Waals surface area contributed by atoms with Crippen molar-refractivity contribution >= 4 is 11.9 Å². The monoisotopic (exact) mass is 732 g/mol. The van der Waals surface area contributed by atoms with Crippen molar-refractivity contribution in [3.05, 3.63) is 23.8 Å². The predicted octanol–water partition coefficient (Wildman–Crippen LogP) is 12.6. The largest absolute Gasteiger partial charge is 0.493 e. The van der Waals surface area contributed by atoms with Crippen LogP contribution < -0.4 is 9.47 Å². The lowest BCUT2D eigenvalue weighted by molar-refractivity contribution is -0.144. The first kappa shape index (κ1) is 47.7. The molecule has 0 saturated heterocycles. The van der Waals surface area contributed by atoms with Crippen molar-refractivity contribution in [1.82, 2.24) is 4.90 Å². The van der Waals surface area contributed by atoms with Gasteiger partial charge in [-0.25, -0.2) is 0 Å². The maximum atomic E-state index is 12.0. The highest BCUT2D eigenvalue weighted by molar-refractivity contribution is 5.69. The molecule has 7 heteroatoms. The molecule has 302 valence electrons. The van der Waals surface area contributed by atoms with E-state index in [1.54, 1.807) is 0 Å². The van der Waals surface area contributed by atoms with Gasteiger partial charge in [-0.3, -0.25) is 9.59 Å². The van der Waals surface area contributed by atoms with E-state index in [9.17, 15) is 9.59 Å². The number of esters is 2. The Morgan fingerprint density at radius 2 is 0.769 bits per heavy atom. The van der Waals surface area contributed by atoms with E-state index in [4.69, 9.17) is 18.9 Å². The van der Waals surface area contributed by atoms with Crippen LogP contribution in [-0.4, -0.2) is 57.4 Å². The molecule has 1 aromatic rings. The van der Waals surface area contributed by atoms with Crippen LogP contribution in [0.25, 0.3) is 0 Å². The van der Waals surface area contributed by atoms with Crippen molar-refractivity contribution in [3.63, 3.8) is 0 Å². The highest BCUT2D eigenvalue weighted by atomic mass is 16.5. The van der Waals surface area contributed by atoms with E-state index in [1.807, 2.05) is 6.07 Å². The zero-order valence-corrected chi connectivity index (χ0v) is 34.5. The van der Waals surface area contributed by atoms with Crippen LogP contribution in [0.4, 0.5) is 0 Å². The van der Waals surface area contributed by atoms with Crippen molar-refractivity contribution in [3.8, 4) is 11.5 Å². The van der Waals surface area contributed by atoms with Gasteiger partial charge in [0.25, 0.3) is 0 Å². The Balaban J connectivity index is 2.11. The average molecular weight is 732 g/mol. The van der Waals surface area contributed by atoms with Crippen LogP contribution in [0, 0.1) is 0 Å². The summed E-state index contributed by atoms with van der Waals surface area (Å²) in [7, 11) is 4.13. The van der Waals surface area contributed by atoms with E-state index < -0.39 is 0 Å². The number of rotatable bonds is 38. The molecule has 7 nitrogen and oxygen atoms in total. The summed E-state index contributed by atoms with van der Waals surface area (Å²) in [6.45, 7) is 7.70. The van der Waals surface area contributed by atoms with Gasteiger partial charge in [-0.2, -0.15) is 0 Å². The highest BCUT2D eigenvalue weighted by Gasteiger charge is 2.07. The van der Waals surface area contributed by atoms with E-state index in [-0.39, 0.29) is 11.9 Å². The first-order valence-corrected chi connectivity index (χ1v) is 21.8. The van der Waals surface area contributed by atoms with Crippen molar-refractivity contribution < 1.29 is 28.5 Å². The molecule has 0 spiro atoms. The fourth-order valence-electron chi connectivity index (χ4n) is 6.43. The van der Waals surface area contributed by atoms with Crippen molar-refractivity contribution in [2.45, 2.75) is 200 Å². The Hall–Kier alpha value is -2.28. The minimum atomic E-state index is -0.0424. The summed E-state index contributed by atoms with van der Waals surface area (Å²) in [4.78, 5) is 26.2. The number of carbonyl (C=O) groups is 2. The molecule has 52 heavy (non-hydrogen) atoms.